The summed E-state index contributed by atoms with van der Waals surface area (Å²) >= 11 is 0. The predicted molar refractivity (Wildman–Crippen MR) is 123 cm³/mol. The first-order chi connectivity index (χ1) is 14.8. The molecule has 2 aromatic carbocycles. The molecule has 2 aromatic rings. The summed E-state index contributed by atoms with van der Waals surface area (Å²) < 4.78 is 32.1. The first-order valence-electron chi connectivity index (χ1n) is 10.9. The molecule has 0 aromatic heterocycles. The number of nitrogens with one attached hydrogen (secondary N) is 1. The second-order valence-electron chi connectivity index (χ2n) is 8.08. The maximum Gasteiger partial charge on any atom is 0.251 e. The van der Waals surface area contributed by atoms with E-state index < -0.39 is 10.0 Å². The summed E-state index contributed by atoms with van der Waals surface area (Å²) in [7, 11) is -1.67. The van der Waals surface area contributed by atoms with Crippen molar-refractivity contribution in [3.63, 3.8) is 0 Å². The van der Waals surface area contributed by atoms with Crippen LogP contribution in [-0.2, 0) is 15.8 Å². The van der Waals surface area contributed by atoms with Crippen molar-refractivity contribution < 1.29 is 17.9 Å². The average molecular weight is 445 g/mol. The smallest absolute Gasteiger partial charge is 0.251 e. The Morgan fingerprint density at radius 1 is 1.10 bits per heavy atom. The van der Waals surface area contributed by atoms with Gasteiger partial charge in [0.05, 0.1) is 18.9 Å². The van der Waals surface area contributed by atoms with Crippen molar-refractivity contribution in [3.8, 4) is 5.75 Å². The molecule has 7 heteroatoms. The monoisotopic (exact) mass is 444 g/mol. The summed E-state index contributed by atoms with van der Waals surface area (Å²) in [5.41, 5.74) is 3.26. The lowest BCUT2D eigenvalue weighted by Crippen LogP contribution is -2.36. The van der Waals surface area contributed by atoms with Crippen LogP contribution >= 0.6 is 0 Å². The topological polar surface area (TPSA) is 75.7 Å². The molecule has 1 N–H and O–H groups in total. The average Bonchev–Trinajstić information content (AvgIpc) is 2.78. The third kappa shape index (κ3) is 5.86. The van der Waals surface area contributed by atoms with Crippen molar-refractivity contribution in [1.29, 1.82) is 0 Å². The molecule has 1 heterocycles. The van der Waals surface area contributed by atoms with Crippen LogP contribution in [-0.4, -0.2) is 38.8 Å². The molecule has 1 atom stereocenters. The lowest BCUT2D eigenvalue weighted by Gasteiger charge is -2.25. The van der Waals surface area contributed by atoms with E-state index in [1.54, 1.807) is 35.7 Å². The van der Waals surface area contributed by atoms with Gasteiger partial charge in [0.15, 0.2) is 0 Å². The van der Waals surface area contributed by atoms with Crippen molar-refractivity contribution in [2.75, 3.05) is 20.2 Å². The van der Waals surface area contributed by atoms with Gasteiger partial charge in [-0.2, -0.15) is 0 Å². The van der Waals surface area contributed by atoms with E-state index in [1.165, 1.54) is 0 Å². The normalized spacial score (nSPS) is 16.0. The number of carbonyl (C=O) groups is 1. The minimum absolute atomic E-state index is 0.0301. The van der Waals surface area contributed by atoms with Crippen LogP contribution in [0.3, 0.4) is 0 Å². The molecule has 6 nitrogen and oxygen atoms in total. The van der Waals surface area contributed by atoms with E-state index in [0.29, 0.717) is 24.2 Å². The standard InChI is InChI=1S/C24H32N2O4S/c1-4-22(21-12-13-23(30-3)18(2)16-21)25-24(27)20-10-8-19(9-11-20)17-31(28,29)26-14-6-5-7-15-26/h8-13,16,22H,4-7,14-15,17H2,1-3H3,(H,25,27)/t22-/m1/s1. The number of aryl methyl sites for hydroxylation is 1. The molecule has 1 amide bonds. The Morgan fingerprint density at radius 3 is 2.35 bits per heavy atom. The van der Waals surface area contributed by atoms with Crippen LogP contribution < -0.4 is 10.1 Å². The van der Waals surface area contributed by atoms with Gasteiger partial charge in [0, 0.05) is 18.7 Å². The van der Waals surface area contributed by atoms with Crippen molar-refractivity contribution >= 4 is 15.9 Å². The molecule has 0 spiro atoms. The number of hydrogen-bond acceptors (Lipinski definition) is 4. The number of carbonyl (C=O) groups excluding carboxylic acids is 1. The second kappa shape index (κ2) is 10.3. The van der Waals surface area contributed by atoms with E-state index in [0.717, 1.165) is 42.6 Å². The van der Waals surface area contributed by atoms with E-state index in [4.69, 9.17) is 4.74 Å². The Labute approximate surface area is 185 Å². The molecular weight excluding hydrogens is 412 g/mol. The summed E-state index contributed by atoms with van der Waals surface area (Å²) in [4.78, 5) is 12.8. The molecule has 0 unspecified atom stereocenters. The second-order valence-corrected chi connectivity index (χ2v) is 10.0. The molecule has 0 radical (unpaired) electrons. The van der Waals surface area contributed by atoms with E-state index in [2.05, 4.69) is 5.32 Å². The molecule has 3 rings (SSSR count). The fraction of sp³-hybridized carbons (Fsp3) is 0.458. The quantitative estimate of drug-likeness (QED) is 0.662. The number of amides is 1. The molecule has 1 saturated heterocycles. The highest BCUT2D eigenvalue weighted by Crippen LogP contribution is 2.25. The summed E-state index contributed by atoms with van der Waals surface area (Å²) in [5.74, 6) is 0.614. The molecule has 1 aliphatic heterocycles. The molecule has 31 heavy (non-hydrogen) atoms. The Bertz CT molecular complexity index is 997. The van der Waals surface area contributed by atoms with Gasteiger partial charge in [0.25, 0.3) is 5.91 Å². The third-order valence-electron chi connectivity index (χ3n) is 5.81. The highest BCUT2D eigenvalue weighted by molar-refractivity contribution is 7.88. The van der Waals surface area contributed by atoms with Gasteiger partial charge in [-0.25, -0.2) is 12.7 Å². The zero-order valence-electron chi connectivity index (χ0n) is 18.6. The molecule has 0 aliphatic carbocycles. The number of sulfonamides is 1. The summed E-state index contributed by atoms with van der Waals surface area (Å²) in [5, 5.41) is 3.08. The SMILES string of the molecule is CC[C@@H](NC(=O)c1ccc(CS(=O)(=O)N2CCCCC2)cc1)c1ccc(OC)c(C)c1. The molecule has 1 aliphatic rings. The van der Waals surface area contributed by atoms with Crippen molar-refractivity contribution in [2.45, 2.75) is 51.3 Å². The largest absolute Gasteiger partial charge is 0.496 e. The number of ether oxygens (including phenoxy) is 1. The zero-order chi connectivity index (χ0) is 22.4. The molecule has 0 bridgehead atoms. The van der Waals surface area contributed by atoms with Gasteiger partial charge in [-0.3, -0.25) is 4.79 Å². The van der Waals surface area contributed by atoms with Gasteiger partial charge in [-0.1, -0.05) is 37.6 Å². The highest BCUT2D eigenvalue weighted by atomic mass is 32.2. The molecule has 0 saturated carbocycles. The number of methoxy groups -OCH3 is 1. The minimum atomic E-state index is -3.32. The highest BCUT2D eigenvalue weighted by Gasteiger charge is 2.24. The Kier molecular flexibility index (Phi) is 7.73. The lowest BCUT2D eigenvalue weighted by atomic mass is 10.0. The number of nitrogens with zero attached hydrogens (tertiary/aromatic N) is 1. The number of hydrogen-bond donors (Lipinski definition) is 1. The molecular formula is C24H32N2O4S. The van der Waals surface area contributed by atoms with E-state index >= 15 is 0 Å². The number of rotatable bonds is 8. The van der Waals surface area contributed by atoms with Crippen LogP contribution in [0.5, 0.6) is 5.75 Å². The Morgan fingerprint density at radius 2 is 1.77 bits per heavy atom. The Balaban J connectivity index is 1.66. The summed E-state index contributed by atoms with van der Waals surface area (Å²) in [6.45, 7) is 5.21. The Hall–Kier alpha value is -2.38. The summed E-state index contributed by atoms with van der Waals surface area (Å²) in [6, 6.07) is 12.7. The van der Waals surface area contributed by atoms with Crippen LogP contribution in [0.15, 0.2) is 42.5 Å². The van der Waals surface area contributed by atoms with Gasteiger partial charge in [-0.15, -0.1) is 0 Å². The first-order valence-corrected chi connectivity index (χ1v) is 12.5. The first kappa shape index (κ1) is 23.3. The zero-order valence-corrected chi connectivity index (χ0v) is 19.4. The van der Waals surface area contributed by atoms with Crippen LogP contribution in [0.2, 0.25) is 0 Å². The van der Waals surface area contributed by atoms with Crippen LogP contribution in [0.1, 0.15) is 65.7 Å². The molecule has 1 fully saturated rings. The lowest BCUT2D eigenvalue weighted by molar-refractivity contribution is 0.0935. The third-order valence-corrected chi connectivity index (χ3v) is 7.66. The summed E-state index contributed by atoms with van der Waals surface area (Å²) in [6.07, 6.45) is 3.68. The van der Waals surface area contributed by atoms with Crippen LogP contribution in [0.4, 0.5) is 0 Å². The van der Waals surface area contributed by atoms with Gasteiger partial charge < -0.3 is 10.1 Å². The maximum atomic E-state index is 12.8. The van der Waals surface area contributed by atoms with Gasteiger partial charge in [0.1, 0.15) is 5.75 Å². The van der Waals surface area contributed by atoms with Gasteiger partial charge in [0.2, 0.25) is 10.0 Å². The van der Waals surface area contributed by atoms with Gasteiger partial charge in [-0.05, 0) is 61.1 Å². The maximum absolute atomic E-state index is 12.8. The van der Waals surface area contributed by atoms with Crippen molar-refractivity contribution in [1.82, 2.24) is 9.62 Å². The number of benzene rings is 2. The van der Waals surface area contributed by atoms with E-state index in [9.17, 15) is 13.2 Å². The molecule has 168 valence electrons. The number of piperidine rings is 1. The van der Waals surface area contributed by atoms with Crippen molar-refractivity contribution in [3.05, 3.63) is 64.7 Å². The predicted octanol–water partition coefficient (Wildman–Crippen LogP) is 4.20. The fourth-order valence-corrected chi connectivity index (χ4v) is 5.59. The van der Waals surface area contributed by atoms with Crippen LogP contribution in [0, 0.1) is 6.92 Å². The fourth-order valence-electron chi connectivity index (χ4n) is 3.98. The van der Waals surface area contributed by atoms with Crippen molar-refractivity contribution in [2.24, 2.45) is 0 Å². The van der Waals surface area contributed by atoms with E-state index in [-0.39, 0.29) is 17.7 Å². The van der Waals surface area contributed by atoms with Gasteiger partial charge >= 0.3 is 0 Å². The van der Waals surface area contributed by atoms with E-state index in [1.807, 2.05) is 32.0 Å². The van der Waals surface area contributed by atoms with Crippen LogP contribution in [0.25, 0.3) is 0 Å². The minimum Gasteiger partial charge on any atom is -0.496 e.